The van der Waals surface area contributed by atoms with E-state index in [0.717, 1.165) is 4.68 Å². The summed E-state index contributed by atoms with van der Waals surface area (Å²) in [5.41, 5.74) is -0.253. The number of aryl methyl sites for hydroxylation is 1. The zero-order valence-electron chi connectivity index (χ0n) is 14.7. The van der Waals surface area contributed by atoms with Crippen LogP contribution in [0.25, 0.3) is 0 Å². The van der Waals surface area contributed by atoms with Crippen LogP contribution in [0.5, 0.6) is 0 Å². The van der Waals surface area contributed by atoms with Gasteiger partial charge in [0.15, 0.2) is 0 Å². The third kappa shape index (κ3) is 5.70. The summed E-state index contributed by atoms with van der Waals surface area (Å²) in [6.07, 6.45) is -0.340. The van der Waals surface area contributed by atoms with Gasteiger partial charge in [-0.25, -0.2) is 8.78 Å². The number of pyridine rings is 1. The number of alkyl halides is 2. The highest BCUT2D eigenvalue weighted by Crippen LogP contribution is 2.22. The average Bonchev–Trinajstić information content (AvgIpc) is 2.97. The maximum absolute atomic E-state index is 13.0. The Kier molecular flexibility index (Phi) is 7.25. The zero-order valence-corrected chi connectivity index (χ0v) is 17.1. The summed E-state index contributed by atoms with van der Waals surface area (Å²) in [4.78, 5) is 21.8. The number of hydrogen-bond acceptors (Lipinski definition) is 5. The normalized spacial score (nSPS) is 12.0. The Labute approximate surface area is 167 Å². The molecule has 0 atom stereocenters. The van der Waals surface area contributed by atoms with Crippen LogP contribution in [-0.2, 0) is 11.9 Å². The van der Waals surface area contributed by atoms with E-state index in [1.165, 1.54) is 19.4 Å². The minimum Gasteiger partial charge on any atom is -0.393 e. The Morgan fingerprint density at radius 2 is 2.19 bits per heavy atom. The maximum atomic E-state index is 13.0. The molecule has 2 heterocycles. The quantitative estimate of drug-likeness (QED) is 0.500. The molecule has 0 fully saturated rings. The number of nitrogens with zero attached hydrogens (tertiary/aromatic N) is 4. The van der Waals surface area contributed by atoms with E-state index in [9.17, 15) is 13.6 Å². The van der Waals surface area contributed by atoms with Crippen molar-refractivity contribution in [3.8, 4) is 0 Å². The van der Waals surface area contributed by atoms with Crippen LogP contribution in [0.1, 0.15) is 42.0 Å². The SMILES string of the molecule is CC(C)ON=C(CNC(=O)c1cn(C)nc1C(F)F)c1ncc(Br)cc1Cl. The topological polar surface area (TPSA) is 81.4 Å². The number of halogens is 4. The van der Waals surface area contributed by atoms with Gasteiger partial charge in [-0.2, -0.15) is 5.10 Å². The number of amides is 1. The van der Waals surface area contributed by atoms with Crippen LogP contribution >= 0.6 is 27.5 Å². The number of aromatic nitrogens is 3. The fraction of sp³-hybridized carbons (Fsp3) is 0.375. The largest absolute Gasteiger partial charge is 0.393 e. The van der Waals surface area contributed by atoms with Gasteiger partial charge < -0.3 is 10.2 Å². The summed E-state index contributed by atoms with van der Waals surface area (Å²) < 4.78 is 27.9. The van der Waals surface area contributed by atoms with E-state index in [1.54, 1.807) is 19.9 Å². The third-order valence-corrected chi connectivity index (χ3v) is 3.90. The van der Waals surface area contributed by atoms with Crippen molar-refractivity contribution < 1.29 is 18.4 Å². The molecule has 27 heavy (non-hydrogen) atoms. The van der Waals surface area contributed by atoms with E-state index in [0.29, 0.717) is 15.2 Å². The lowest BCUT2D eigenvalue weighted by Crippen LogP contribution is -2.31. The maximum Gasteiger partial charge on any atom is 0.282 e. The number of rotatable bonds is 7. The van der Waals surface area contributed by atoms with Gasteiger partial charge in [0.1, 0.15) is 23.2 Å². The number of hydrogen-bond donors (Lipinski definition) is 1. The molecule has 1 N–H and O–H groups in total. The molecule has 0 radical (unpaired) electrons. The van der Waals surface area contributed by atoms with E-state index >= 15 is 0 Å². The van der Waals surface area contributed by atoms with Crippen LogP contribution in [0, 0.1) is 0 Å². The molecule has 2 aromatic rings. The van der Waals surface area contributed by atoms with Gasteiger partial charge in [-0.05, 0) is 35.8 Å². The number of carbonyl (C=O) groups is 1. The van der Waals surface area contributed by atoms with Crippen molar-refractivity contribution in [2.24, 2.45) is 12.2 Å². The predicted octanol–water partition coefficient (Wildman–Crippen LogP) is 3.73. The van der Waals surface area contributed by atoms with Crippen molar-refractivity contribution in [1.82, 2.24) is 20.1 Å². The van der Waals surface area contributed by atoms with Crippen LogP contribution in [0.3, 0.4) is 0 Å². The summed E-state index contributed by atoms with van der Waals surface area (Å²) >= 11 is 9.44. The molecule has 0 aliphatic carbocycles. The van der Waals surface area contributed by atoms with Crippen LogP contribution in [0.2, 0.25) is 5.02 Å². The van der Waals surface area contributed by atoms with Gasteiger partial charge in [0.25, 0.3) is 12.3 Å². The Bertz CT molecular complexity index is 857. The molecule has 7 nitrogen and oxygen atoms in total. The summed E-state index contributed by atoms with van der Waals surface area (Å²) in [5.74, 6) is -0.719. The van der Waals surface area contributed by atoms with E-state index in [4.69, 9.17) is 16.4 Å². The lowest BCUT2D eigenvalue weighted by molar-refractivity contribution is 0.0853. The summed E-state index contributed by atoms with van der Waals surface area (Å²) in [7, 11) is 1.46. The molecule has 0 aliphatic heterocycles. The smallest absolute Gasteiger partial charge is 0.282 e. The molecule has 0 bridgehead atoms. The van der Waals surface area contributed by atoms with Crippen molar-refractivity contribution in [2.75, 3.05) is 6.54 Å². The molecular formula is C16H17BrClF2N5O2. The Balaban J connectivity index is 2.24. The van der Waals surface area contributed by atoms with Crippen molar-refractivity contribution >= 4 is 39.1 Å². The van der Waals surface area contributed by atoms with E-state index in [1.807, 2.05) is 0 Å². The summed E-state index contributed by atoms with van der Waals surface area (Å²) in [6.45, 7) is 3.43. The molecule has 2 rings (SSSR count). The second-order valence-electron chi connectivity index (χ2n) is 5.76. The monoisotopic (exact) mass is 463 g/mol. The second-order valence-corrected chi connectivity index (χ2v) is 7.08. The molecule has 0 saturated carbocycles. The summed E-state index contributed by atoms with van der Waals surface area (Å²) in [5, 5.41) is 10.4. The van der Waals surface area contributed by atoms with Crippen LogP contribution in [0.4, 0.5) is 8.78 Å². The van der Waals surface area contributed by atoms with Gasteiger partial charge in [-0.3, -0.25) is 14.5 Å². The van der Waals surface area contributed by atoms with Gasteiger partial charge in [0.05, 0.1) is 17.1 Å². The van der Waals surface area contributed by atoms with Crippen molar-refractivity contribution in [3.05, 3.63) is 44.9 Å². The molecule has 2 aromatic heterocycles. The minimum absolute atomic E-state index is 0.128. The van der Waals surface area contributed by atoms with Gasteiger partial charge in [0, 0.05) is 23.9 Å². The number of nitrogens with one attached hydrogen (secondary N) is 1. The molecule has 0 aromatic carbocycles. The first-order valence-electron chi connectivity index (χ1n) is 7.83. The molecular weight excluding hydrogens is 448 g/mol. The van der Waals surface area contributed by atoms with Crippen LogP contribution in [-0.4, -0.2) is 39.0 Å². The number of carbonyl (C=O) groups excluding carboxylic acids is 1. The van der Waals surface area contributed by atoms with Gasteiger partial charge in [0.2, 0.25) is 0 Å². The molecule has 146 valence electrons. The van der Waals surface area contributed by atoms with Crippen molar-refractivity contribution in [2.45, 2.75) is 26.4 Å². The average molecular weight is 465 g/mol. The molecule has 0 unspecified atom stereocenters. The second kappa shape index (κ2) is 9.23. The number of oxime groups is 1. The zero-order chi connectivity index (χ0) is 20.1. The highest BCUT2D eigenvalue weighted by atomic mass is 79.9. The fourth-order valence-electron chi connectivity index (χ4n) is 2.06. The first kappa shape index (κ1) is 21.2. The van der Waals surface area contributed by atoms with Crippen molar-refractivity contribution in [3.63, 3.8) is 0 Å². The van der Waals surface area contributed by atoms with Gasteiger partial charge >= 0.3 is 0 Å². The predicted molar refractivity (Wildman–Crippen MR) is 100 cm³/mol. The Hall–Kier alpha value is -2.07. The van der Waals surface area contributed by atoms with Crippen LogP contribution < -0.4 is 5.32 Å². The van der Waals surface area contributed by atoms with Crippen molar-refractivity contribution in [1.29, 1.82) is 0 Å². The van der Waals surface area contributed by atoms with E-state index in [2.05, 4.69) is 36.5 Å². The standard InChI is InChI=1S/C16H17BrClF2N5O2/c1-8(2)27-24-12(14-11(18)4-9(17)5-21-14)6-22-16(26)10-7-25(3)23-13(10)15(19)20/h4-5,7-8,15H,6H2,1-3H3,(H,22,26). The lowest BCUT2D eigenvalue weighted by Gasteiger charge is -2.11. The first-order chi connectivity index (χ1) is 12.7. The fourth-order valence-corrected chi connectivity index (χ4v) is 2.79. The lowest BCUT2D eigenvalue weighted by atomic mass is 10.2. The molecule has 1 amide bonds. The van der Waals surface area contributed by atoms with Gasteiger partial charge in [-0.1, -0.05) is 16.8 Å². The molecule has 0 saturated heterocycles. The third-order valence-electron chi connectivity index (χ3n) is 3.18. The molecule has 0 aliphatic rings. The minimum atomic E-state index is -2.87. The Morgan fingerprint density at radius 1 is 1.48 bits per heavy atom. The highest BCUT2D eigenvalue weighted by molar-refractivity contribution is 9.10. The van der Waals surface area contributed by atoms with E-state index in [-0.39, 0.29) is 23.9 Å². The van der Waals surface area contributed by atoms with Gasteiger partial charge in [-0.15, -0.1) is 0 Å². The summed E-state index contributed by atoms with van der Waals surface area (Å²) in [6, 6.07) is 1.62. The Morgan fingerprint density at radius 3 is 2.78 bits per heavy atom. The molecule has 0 spiro atoms. The van der Waals surface area contributed by atoms with E-state index < -0.39 is 18.0 Å². The van der Waals surface area contributed by atoms with Crippen LogP contribution in [0.15, 0.2) is 28.1 Å². The molecule has 11 heteroatoms. The first-order valence-corrected chi connectivity index (χ1v) is 9.00. The highest BCUT2D eigenvalue weighted by Gasteiger charge is 2.23.